The molecule has 0 saturated heterocycles. The van der Waals surface area contributed by atoms with Crippen molar-refractivity contribution in [1.29, 1.82) is 0 Å². The van der Waals surface area contributed by atoms with Gasteiger partial charge in [0.1, 0.15) is 0 Å². The van der Waals surface area contributed by atoms with Crippen LogP contribution in [0.5, 0.6) is 0 Å². The van der Waals surface area contributed by atoms with E-state index in [1.807, 2.05) is 32.4 Å². The number of thioether (sulfide) groups is 1. The Morgan fingerprint density at radius 2 is 1.72 bits per heavy atom. The van der Waals surface area contributed by atoms with Gasteiger partial charge in [0.2, 0.25) is 5.91 Å². The smallest absolute Gasteiger partial charge is 0.233 e. The van der Waals surface area contributed by atoms with E-state index >= 15 is 0 Å². The van der Waals surface area contributed by atoms with Gasteiger partial charge < -0.3 is 9.88 Å². The zero-order valence-electron chi connectivity index (χ0n) is 16.1. The van der Waals surface area contributed by atoms with Crippen LogP contribution in [0.2, 0.25) is 0 Å². The van der Waals surface area contributed by atoms with Crippen LogP contribution in [0.1, 0.15) is 47.1 Å². The number of hydrogen-bond donors (Lipinski definition) is 1. The molecule has 5 nitrogen and oxygen atoms in total. The van der Waals surface area contributed by atoms with Crippen molar-refractivity contribution in [2.45, 2.75) is 63.4 Å². The molecule has 0 aliphatic rings. The summed E-state index contributed by atoms with van der Waals surface area (Å²) in [6.45, 7) is 12.4. The third-order valence-corrected chi connectivity index (χ3v) is 5.06. The average molecular weight is 361 g/mol. The van der Waals surface area contributed by atoms with Gasteiger partial charge in [0.05, 0.1) is 5.25 Å². The van der Waals surface area contributed by atoms with Crippen molar-refractivity contribution >= 4 is 17.7 Å². The topological polar surface area (TPSA) is 59.8 Å². The molecule has 0 aliphatic carbocycles. The molecular formula is C19H28N4OS. The second-order valence-corrected chi connectivity index (χ2v) is 8.92. The van der Waals surface area contributed by atoms with Crippen molar-refractivity contribution < 1.29 is 4.79 Å². The van der Waals surface area contributed by atoms with Crippen molar-refractivity contribution in [2.75, 3.05) is 0 Å². The molecule has 0 radical (unpaired) electrons. The van der Waals surface area contributed by atoms with Crippen LogP contribution in [0, 0.1) is 0 Å². The molecule has 1 aromatic heterocycles. The largest absolute Gasteiger partial charge is 0.353 e. The molecule has 1 heterocycles. The van der Waals surface area contributed by atoms with E-state index in [0.717, 1.165) is 16.5 Å². The summed E-state index contributed by atoms with van der Waals surface area (Å²) >= 11 is 1.42. The van der Waals surface area contributed by atoms with Gasteiger partial charge in [-0.1, -0.05) is 56.8 Å². The lowest BCUT2D eigenvalue weighted by Gasteiger charge is -2.19. The Morgan fingerprint density at radius 1 is 1.12 bits per heavy atom. The summed E-state index contributed by atoms with van der Waals surface area (Å²) in [4.78, 5) is 12.1. The monoisotopic (exact) mass is 360 g/mol. The normalized spacial score (nSPS) is 13.1. The molecule has 1 atom stereocenters. The number of carbonyl (C=O) groups excluding carboxylic acids is 1. The van der Waals surface area contributed by atoms with E-state index in [4.69, 9.17) is 0 Å². The molecule has 2 aromatic rings. The Hall–Kier alpha value is -1.82. The number of benzene rings is 1. The van der Waals surface area contributed by atoms with Gasteiger partial charge in [-0.15, -0.1) is 10.2 Å². The predicted molar refractivity (Wildman–Crippen MR) is 104 cm³/mol. The molecule has 0 aliphatic heterocycles. The van der Waals surface area contributed by atoms with Gasteiger partial charge in [0.25, 0.3) is 0 Å². The number of amides is 1. The first-order chi connectivity index (χ1) is 11.6. The first kappa shape index (κ1) is 19.5. The van der Waals surface area contributed by atoms with E-state index in [2.05, 4.69) is 60.6 Å². The Bertz CT molecular complexity index is 729. The van der Waals surface area contributed by atoms with Crippen molar-refractivity contribution in [3.63, 3.8) is 0 Å². The lowest BCUT2D eigenvalue weighted by atomic mass is 9.87. The standard InChI is InChI=1S/C19H28N4OS/c1-12(2)20-17(24)13(3)25-18-22-21-16(23(18)7)14-8-10-15(11-9-14)19(4,5)6/h8-13H,1-7H3,(H,20,24)/t13-/m0/s1. The zero-order valence-corrected chi connectivity index (χ0v) is 16.9. The van der Waals surface area contributed by atoms with Crippen molar-refractivity contribution in [2.24, 2.45) is 7.05 Å². The summed E-state index contributed by atoms with van der Waals surface area (Å²) in [6, 6.07) is 8.55. The minimum Gasteiger partial charge on any atom is -0.353 e. The molecule has 0 bridgehead atoms. The molecule has 1 aromatic carbocycles. The summed E-state index contributed by atoms with van der Waals surface area (Å²) in [5.74, 6) is 0.818. The predicted octanol–water partition coefficient (Wildman–Crippen LogP) is 3.78. The van der Waals surface area contributed by atoms with Gasteiger partial charge in [-0.05, 0) is 31.7 Å². The molecule has 136 valence electrons. The lowest BCUT2D eigenvalue weighted by Crippen LogP contribution is -2.36. The minimum atomic E-state index is -0.221. The summed E-state index contributed by atoms with van der Waals surface area (Å²) in [6.07, 6.45) is 0. The maximum Gasteiger partial charge on any atom is 0.233 e. The molecule has 1 N–H and O–H groups in total. The molecule has 0 unspecified atom stereocenters. The van der Waals surface area contributed by atoms with Crippen LogP contribution in [0.4, 0.5) is 0 Å². The van der Waals surface area contributed by atoms with Gasteiger partial charge in [-0.3, -0.25) is 4.79 Å². The van der Waals surface area contributed by atoms with Crippen molar-refractivity contribution in [3.05, 3.63) is 29.8 Å². The van der Waals surface area contributed by atoms with E-state index in [1.54, 1.807) is 0 Å². The van der Waals surface area contributed by atoms with Gasteiger partial charge in [-0.2, -0.15) is 0 Å². The summed E-state index contributed by atoms with van der Waals surface area (Å²) in [5, 5.41) is 12.0. The fraction of sp³-hybridized carbons (Fsp3) is 0.526. The van der Waals surface area contributed by atoms with E-state index in [9.17, 15) is 4.79 Å². The maximum atomic E-state index is 12.1. The molecule has 25 heavy (non-hydrogen) atoms. The van der Waals surface area contributed by atoms with Crippen LogP contribution in [0.3, 0.4) is 0 Å². The van der Waals surface area contributed by atoms with Crippen LogP contribution < -0.4 is 5.32 Å². The number of nitrogens with zero attached hydrogens (tertiary/aromatic N) is 3. The molecular weight excluding hydrogens is 332 g/mol. The van der Waals surface area contributed by atoms with Crippen molar-refractivity contribution in [3.8, 4) is 11.4 Å². The van der Waals surface area contributed by atoms with Crippen LogP contribution in [0.25, 0.3) is 11.4 Å². The average Bonchev–Trinajstić information content (AvgIpc) is 2.87. The van der Waals surface area contributed by atoms with Crippen LogP contribution in [-0.2, 0) is 17.3 Å². The second kappa shape index (κ2) is 7.60. The van der Waals surface area contributed by atoms with E-state index < -0.39 is 0 Å². The molecule has 2 rings (SSSR count). The number of rotatable bonds is 5. The number of carbonyl (C=O) groups is 1. The number of hydrogen-bond acceptors (Lipinski definition) is 4. The second-order valence-electron chi connectivity index (χ2n) is 7.62. The SMILES string of the molecule is CC(C)NC(=O)[C@H](C)Sc1nnc(-c2ccc(C(C)(C)C)cc2)n1C. The van der Waals surface area contributed by atoms with Crippen LogP contribution >= 0.6 is 11.8 Å². The number of nitrogens with one attached hydrogen (secondary N) is 1. The molecule has 6 heteroatoms. The van der Waals surface area contributed by atoms with Crippen LogP contribution in [-0.4, -0.2) is 32.0 Å². The quantitative estimate of drug-likeness (QED) is 0.824. The third-order valence-electron chi connectivity index (χ3n) is 3.93. The summed E-state index contributed by atoms with van der Waals surface area (Å²) in [5.41, 5.74) is 2.43. The van der Waals surface area contributed by atoms with Gasteiger partial charge in [0, 0.05) is 18.7 Å². The van der Waals surface area contributed by atoms with E-state index in [0.29, 0.717) is 0 Å². The zero-order chi connectivity index (χ0) is 18.8. The first-order valence-corrected chi connectivity index (χ1v) is 9.45. The summed E-state index contributed by atoms with van der Waals surface area (Å²) < 4.78 is 1.94. The van der Waals surface area contributed by atoms with Crippen molar-refractivity contribution in [1.82, 2.24) is 20.1 Å². The summed E-state index contributed by atoms with van der Waals surface area (Å²) in [7, 11) is 1.93. The highest BCUT2D eigenvalue weighted by Crippen LogP contribution is 2.28. The van der Waals surface area contributed by atoms with Gasteiger partial charge >= 0.3 is 0 Å². The molecule has 0 saturated carbocycles. The molecule has 0 spiro atoms. The fourth-order valence-electron chi connectivity index (χ4n) is 2.40. The Labute approximate surface area is 154 Å². The highest BCUT2D eigenvalue weighted by molar-refractivity contribution is 8.00. The minimum absolute atomic E-state index is 0.0130. The van der Waals surface area contributed by atoms with E-state index in [-0.39, 0.29) is 22.6 Å². The Morgan fingerprint density at radius 3 is 2.24 bits per heavy atom. The van der Waals surface area contributed by atoms with Gasteiger partial charge in [0.15, 0.2) is 11.0 Å². The molecule has 1 amide bonds. The molecule has 0 fully saturated rings. The Kier molecular flexibility index (Phi) is 5.93. The Balaban J connectivity index is 2.17. The lowest BCUT2D eigenvalue weighted by molar-refractivity contribution is -0.120. The van der Waals surface area contributed by atoms with Gasteiger partial charge in [-0.25, -0.2) is 0 Å². The highest BCUT2D eigenvalue weighted by Gasteiger charge is 2.20. The first-order valence-electron chi connectivity index (χ1n) is 8.57. The van der Waals surface area contributed by atoms with Crippen LogP contribution in [0.15, 0.2) is 29.4 Å². The highest BCUT2D eigenvalue weighted by atomic mass is 32.2. The third kappa shape index (κ3) is 4.84. The number of aromatic nitrogens is 3. The maximum absolute atomic E-state index is 12.1. The van der Waals surface area contributed by atoms with E-state index in [1.165, 1.54) is 17.3 Å². The fourth-order valence-corrected chi connectivity index (χ4v) is 3.23.